The van der Waals surface area contributed by atoms with E-state index in [1.807, 2.05) is 18.2 Å². The molecule has 1 aliphatic rings. The molecule has 1 aromatic heterocycles. The highest BCUT2D eigenvalue weighted by Crippen LogP contribution is 2.15. The van der Waals surface area contributed by atoms with Gasteiger partial charge in [-0.15, -0.1) is 0 Å². The number of piperazine rings is 1. The van der Waals surface area contributed by atoms with Gasteiger partial charge < -0.3 is 15.1 Å². The van der Waals surface area contributed by atoms with Gasteiger partial charge in [0, 0.05) is 57.4 Å². The first-order valence-electron chi connectivity index (χ1n) is 10.0. The van der Waals surface area contributed by atoms with Crippen LogP contribution >= 0.6 is 0 Å². The molecule has 0 atom stereocenters. The van der Waals surface area contributed by atoms with E-state index in [0.717, 1.165) is 37.6 Å². The molecule has 9 nitrogen and oxygen atoms in total. The lowest BCUT2D eigenvalue weighted by Gasteiger charge is -2.33. The second-order valence-electron chi connectivity index (χ2n) is 7.33. The van der Waals surface area contributed by atoms with Crippen LogP contribution in [0.5, 0.6) is 0 Å². The van der Waals surface area contributed by atoms with E-state index in [-0.39, 0.29) is 23.8 Å². The third-order valence-electron chi connectivity index (χ3n) is 5.05. The van der Waals surface area contributed by atoms with Crippen molar-refractivity contribution in [1.82, 2.24) is 19.9 Å². The first kappa shape index (κ1) is 22.7. The van der Waals surface area contributed by atoms with E-state index < -0.39 is 10.0 Å². The number of likely N-dealkylation sites (N-methyl/N-ethyl adjacent to an activating group) is 1. The molecule has 1 saturated heterocycles. The lowest BCUT2D eigenvalue weighted by molar-refractivity contribution is 0.0951. The van der Waals surface area contributed by atoms with E-state index in [0.29, 0.717) is 12.1 Å². The van der Waals surface area contributed by atoms with Crippen LogP contribution in [0.3, 0.4) is 0 Å². The molecule has 0 saturated carbocycles. The zero-order valence-corrected chi connectivity index (χ0v) is 18.2. The van der Waals surface area contributed by atoms with Crippen LogP contribution in [-0.2, 0) is 16.6 Å². The van der Waals surface area contributed by atoms with Gasteiger partial charge in [-0.25, -0.2) is 18.1 Å². The van der Waals surface area contributed by atoms with Gasteiger partial charge in [-0.05, 0) is 49.0 Å². The molecule has 31 heavy (non-hydrogen) atoms. The number of hydrogen-bond acceptors (Lipinski definition) is 7. The van der Waals surface area contributed by atoms with E-state index in [2.05, 4.69) is 31.9 Å². The molecular formula is C21H26N6O3S. The van der Waals surface area contributed by atoms with Crippen LogP contribution in [0, 0.1) is 11.3 Å². The molecule has 1 fully saturated rings. The SMILES string of the molecule is CN1CCN(c2cc(CNC(=O)c3ccc(S(=O)(=O)NCCC#N)cc3)ccn2)CC1. The maximum atomic E-state index is 12.5. The lowest BCUT2D eigenvalue weighted by atomic mass is 10.2. The largest absolute Gasteiger partial charge is 0.354 e. The molecule has 2 aromatic rings. The van der Waals surface area contributed by atoms with E-state index in [4.69, 9.17) is 5.26 Å². The Morgan fingerprint density at radius 1 is 1.16 bits per heavy atom. The zero-order chi connectivity index (χ0) is 22.3. The molecule has 164 valence electrons. The third kappa shape index (κ3) is 6.24. The van der Waals surface area contributed by atoms with Crippen molar-refractivity contribution < 1.29 is 13.2 Å². The average Bonchev–Trinajstić information content (AvgIpc) is 2.78. The van der Waals surface area contributed by atoms with Gasteiger partial charge in [0.05, 0.1) is 11.0 Å². The Morgan fingerprint density at radius 2 is 1.87 bits per heavy atom. The molecule has 0 bridgehead atoms. The van der Waals surface area contributed by atoms with Gasteiger partial charge in [0.2, 0.25) is 10.0 Å². The van der Waals surface area contributed by atoms with E-state index in [1.54, 1.807) is 6.20 Å². The number of sulfonamides is 1. The molecule has 1 amide bonds. The van der Waals surface area contributed by atoms with Crippen molar-refractivity contribution in [1.29, 1.82) is 5.26 Å². The smallest absolute Gasteiger partial charge is 0.251 e. The highest BCUT2D eigenvalue weighted by atomic mass is 32.2. The summed E-state index contributed by atoms with van der Waals surface area (Å²) in [5, 5.41) is 11.4. The van der Waals surface area contributed by atoms with Gasteiger partial charge in [-0.3, -0.25) is 4.79 Å². The van der Waals surface area contributed by atoms with Gasteiger partial charge in [0.25, 0.3) is 5.91 Å². The van der Waals surface area contributed by atoms with Crippen LogP contribution in [0.25, 0.3) is 0 Å². The average molecular weight is 443 g/mol. The summed E-state index contributed by atoms with van der Waals surface area (Å²) < 4.78 is 26.6. The number of hydrogen-bond donors (Lipinski definition) is 2. The molecule has 1 aromatic carbocycles. The third-order valence-corrected chi connectivity index (χ3v) is 6.52. The Balaban J connectivity index is 1.57. The van der Waals surface area contributed by atoms with Gasteiger partial charge in [0.15, 0.2) is 0 Å². The van der Waals surface area contributed by atoms with Crippen molar-refractivity contribution >= 4 is 21.7 Å². The van der Waals surface area contributed by atoms with Crippen LogP contribution < -0.4 is 14.9 Å². The molecule has 0 radical (unpaired) electrons. The lowest BCUT2D eigenvalue weighted by Crippen LogP contribution is -2.44. The number of rotatable bonds is 8. The van der Waals surface area contributed by atoms with Gasteiger partial charge >= 0.3 is 0 Å². The number of nitrogens with one attached hydrogen (secondary N) is 2. The second-order valence-corrected chi connectivity index (χ2v) is 9.09. The summed E-state index contributed by atoms with van der Waals surface area (Å²) in [6, 6.07) is 11.4. The van der Waals surface area contributed by atoms with Crippen LogP contribution in [0.4, 0.5) is 5.82 Å². The minimum Gasteiger partial charge on any atom is -0.354 e. The monoisotopic (exact) mass is 442 g/mol. The summed E-state index contributed by atoms with van der Waals surface area (Å²) in [5.41, 5.74) is 1.31. The summed E-state index contributed by atoms with van der Waals surface area (Å²) in [5.74, 6) is 0.609. The first-order chi connectivity index (χ1) is 14.9. The Morgan fingerprint density at radius 3 is 2.55 bits per heavy atom. The first-order valence-corrected chi connectivity index (χ1v) is 11.5. The standard InChI is InChI=1S/C21H26N6O3S/c1-26-11-13-27(14-12-26)20-15-17(7-10-23-20)16-24-21(28)18-3-5-19(6-4-18)31(29,30)25-9-2-8-22/h3-7,10,15,25H,2,9,11-14,16H2,1H3,(H,24,28). The van der Waals surface area contributed by atoms with Crippen molar-refractivity contribution in [3.63, 3.8) is 0 Å². The predicted molar refractivity (Wildman–Crippen MR) is 117 cm³/mol. The molecule has 3 rings (SSSR count). The maximum Gasteiger partial charge on any atom is 0.251 e. The normalized spacial score (nSPS) is 14.8. The van der Waals surface area contributed by atoms with Crippen molar-refractivity contribution in [3.8, 4) is 6.07 Å². The fourth-order valence-electron chi connectivity index (χ4n) is 3.17. The number of carbonyl (C=O) groups excluding carboxylic acids is 1. The maximum absolute atomic E-state index is 12.5. The summed E-state index contributed by atoms with van der Waals surface area (Å²) in [7, 11) is -1.60. The summed E-state index contributed by atoms with van der Waals surface area (Å²) >= 11 is 0. The molecule has 0 spiro atoms. The summed E-state index contributed by atoms with van der Waals surface area (Å²) in [6.07, 6.45) is 1.83. The van der Waals surface area contributed by atoms with Gasteiger partial charge in [-0.1, -0.05) is 0 Å². The van der Waals surface area contributed by atoms with Crippen molar-refractivity contribution in [2.24, 2.45) is 0 Å². The Hall–Kier alpha value is -3.00. The van der Waals surface area contributed by atoms with Crippen LogP contribution in [0.1, 0.15) is 22.3 Å². The highest BCUT2D eigenvalue weighted by Gasteiger charge is 2.16. The number of nitriles is 1. The topological polar surface area (TPSA) is 118 Å². The molecule has 10 heteroatoms. The van der Waals surface area contributed by atoms with Crippen molar-refractivity contribution in [3.05, 3.63) is 53.7 Å². The van der Waals surface area contributed by atoms with E-state index >= 15 is 0 Å². The zero-order valence-electron chi connectivity index (χ0n) is 17.4. The fourth-order valence-corrected chi connectivity index (χ4v) is 4.21. The van der Waals surface area contributed by atoms with Gasteiger partial charge in [0.1, 0.15) is 5.82 Å². The van der Waals surface area contributed by atoms with Crippen LogP contribution in [-0.4, -0.2) is 64.0 Å². The number of nitrogens with zero attached hydrogens (tertiary/aromatic N) is 4. The number of benzene rings is 1. The predicted octanol–water partition coefficient (Wildman–Crippen LogP) is 0.955. The Labute approximate surface area is 182 Å². The molecular weight excluding hydrogens is 416 g/mol. The molecule has 0 unspecified atom stereocenters. The Kier molecular flexibility index (Phi) is 7.57. The minimum absolute atomic E-state index is 0.0448. The Bertz CT molecular complexity index is 1040. The second kappa shape index (κ2) is 10.3. The molecule has 0 aliphatic carbocycles. The number of amides is 1. The number of pyridine rings is 1. The number of anilines is 1. The minimum atomic E-state index is -3.70. The van der Waals surface area contributed by atoms with Crippen molar-refractivity contribution in [2.75, 3.05) is 44.7 Å². The van der Waals surface area contributed by atoms with Gasteiger partial charge in [-0.2, -0.15) is 5.26 Å². The van der Waals surface area contributed by atoms with E-state index in [1.165, 1.54) is 24.3 Å². The summed E-state index contributed by atoms with van der Waals surface area (Å²) in [4.78, 5) is 21.5. The van der Waals surface area contributed by atoms with Crippen LogP contribution in [0.2, 0.25) is 0 Å². The summed E-state index contributed by atoms with van der Waals surface area (Å²) in [6.45, 7) is 4.20. The molecule has 2 heterocycles. The quantitative estimate of drug-likeness (QED) is 0.585. The van der Waals surface area contributed by atoms with E-state index in [9.17, 15) is 13.2 Å². The van der Waals surface area contributed by atoms with Crippen LogP contribution in [0.15, 0.2) is 47.5 Å². The number of aromatic nitrogens is 1. The molecule has 2 N–H and O–H groups in total. The molecule has 1 aliphatic heterocycles. The fraction of sp³-hybridized carbons (Fsp3) is 0.381. The highest BCUT2D eigenvalue weighted by molar-refractivity contribution is 7.89. The van der Waals surface area contributed by atoms with Crippen molar-refractivity contribution in [2.45, 2.75) is 17.9 Å². The number of carbonyl (C=O) groups is 1.